The van der Waals surface area contributed by atoms with Gasteiger partial charge in [-0.1, -0.05) is 19.1 Å². The van der Waals surface area contributed by atoms with Gasteiger partial charge in [0.05, 0.1) is 4.92 Å². The standard InChI is InChI=1S/C25H27NO4/c1-15(14-24-16(2)18(4)25(27)19(5)17(24)3)20-6-10-22(11-7-20)30-23-12-8-21(9-13-23)26(28)29/h6-13,15,27H,14H2,1-5H3. The first-order chi connectivity index (χ1) is 14.2. The third-order valence-corrected chi connectivity index (χ3v) is 5.98. The third kappa shape index (κ3) is 4.30. The first-order valence-electron chi connectivity index (χ1n) is 9.99. The maximum Gasteiger partial charge on any atom is 0.269 e. The van der Waals surface area contributed by atoms with Crippen molar-refractivity contribution in [3.63, 3.8) is 0 Å². The van der Waals surface area contributed by atoms with E-state index in [4.69, 9.17) is 4.74 Å². The van der Waals surface area contributed by atoms with Gasteiger partial charge in [-0.15, -0.1) is 0 Å². The molecular formula is C25H27NO4. The lowest BCUT2D eigenvalue weighted by molar-refractivity contribution is -0.384. The molecule has 156 valence electrons. The number of nitro benzene ring substituents is 1. The van der Waals surface area contributed by atoms with Gasteiger partial charge in [-0.3, -0.25) is 10.1 Å². The van der Waals surface area contributed by atoms with Gasteiger partial charge in [0.2, 0.25) is 0 Å². The molecular weight excluding hydrogens is 378 g/mol. The van der Waals surface area contributed by atoms with Gasteiger partial charge in [-0.25, -0.2) is 0 Å². The Labute approximate surface area is 177 Å². The Hall–Kier alpha value is -3.34. The Kier molecular flexibility index (Phi) is 6.11. The van der Waals surface area contributed by atoms with Crippen molar-refractivity contribution in [2.24, 2.45) is 0 Å². The Bertz CT molecular complexity index is 1040. The number of nitro groups is 1. The maximum atomic E-state index is 10.8. The number of non-ortho nitro benzene ring substituents is 1. The van der Waals surface area contributed by atoms with Crippen molar-refractivity contribution in [1.82, 2.24) is 0 Å². The van der Waals surface area contributed by atoms with Gasteiger partial charge in [0.15, 0.2) is 0 Å². The van der Waals surface area contributed by atoms with Crippen LogP contribution < -0.4 is 4.74 Å². The molecule has 0 heterocycles. The Morgan fingerprint density at radius 3 is 1.80 bits per heavy atom. The number of hydrogen-bond donors (Lipinski definition) is 1. The van der Waals surface area contributed by atoms with E-state index in [-0.39, 0.29) is 5.69 Å². The molecule has 0 bridgehead atoms. The highest BCUT2D eigenvalue weighted by atomic mass is 16.6. The van der Waals surface area contributed by atoms with Gasteiger partial charge in [0.1, 0.15) is 17.2 Å². The lowest BCUT2D eigenvalue weighted by Crippen LogP contribution is -2.05. The molecule has 3 aromatic carbocycles. The third-order valence-electron chi connectivity index (χ3n) is 5.98. The molecule has 5 nitrogen and oxygen atoms in total. The molecule has 5 heteroatoms. The molecule has 3 rings (SSSR count). The largest absolute Gasteiger partial charge is 0.507 e. The normalized spacial score (nSPS) is 11.9. The molecule has 0 aromatic heterocycles. The molecule has 0 spiro atoms. The molecule has 30 heavy (non-hydrogen) atoms. The average Bonchev–Trinajstić information content (AvgIpc) is 2.74. The summed E-state index contributed by atoms with van der Waals surface area (Å²) in [7, 11) is 0. The zero-order chi connectivity index (χ0) is 22.0. The molecule has 1 atom stereocenters. The summed E-state index contributed by atoms with van der Waals surface area (Å²) in [5, 5.41) is 21.0. The van der Waals surface area contributed by atoms with Crippen LogP contribution in [0.2, 0.25) is 0 Å². The second-order valence-electron chi connectivity index (χ2n) is 7.85. The van der Waals surface area contributed by atoms with E-state index in [0.29, 0.717) is 23.2 Å². The minimum Gasteiger partial charge on any atom is -0.507 e. The zero-order valence-corrected chi connectivity index (χ0v) is 18.0. The monoisotopic (exact) mass is 405 g/mol. The lowest BCUT2D eigenvalue weighted by atomic mass is 9.85. The highest BCUT2D eigenvalue weighted by Crippen LogP contribution is 2.34. The van der Waals surface area contributed by atoms with Crippen molar-refractivity contribution in [3.8, 4) is 17.2 Å². The summed E-state index contributed by atoms with van der Waals surface area (Å²) in [6, 6.07) is 14.0. The first kappa shape index (κ1) is 21.4. The van der Waals surface area contributed by atoms with E-state index in [0.717, 1.165) is 28.7 Å². The summed E-state index contributed by atoms with van der Waals surface area (Å²) in [4.78, 5) is 10.3. The van der Waals surface area contributed by atoms with Crippen LogP contribution in [-0.4, -0.2) is 10.0 Å². The van der Waals surface area contributed by atoms with Crippen molar-refractivity contribution in [2.75, 3.05) is 0 Å². The number of phenolic OH excluding ortho intramolecular Hbond substituents is 1. The molecule has 0 aliphatic heterocycles. The number of benzene rings is 3. The number of hydrogen-bond acceptors (Lipinski definition) is 4. The number of nitrogens with zero attached hydrogens (tertiary/aromatic N) is 1. The van der Waals surface area contributed by atoms with Gasteiger partial charge in [0, 0.05) is 12.1 Å². The summed E-state index contributed by atoms with van der Waals surface area (Å²) in [6.07, 6.45) is 0.891. The summed E-state index contributed by atoms with van der Waals surface area (Å²) in [5.74, 6) is 1.94. The summed E-state index contributed by atoms with van der Waals surface area (Å²) < 4.78 is 5.80. The topological polar surface area (TPSA) is 72.6 Å². The van der Waals surface area contributed by atoms with E-state index in [2.05, 4.69) is 32.9 Å². The van der Waals surface area contributed by atoms with Crippen LogP contribution in [0.3, 0.4) is 0 Å². The molecule has 0 saturated heterocycles. The lowest BCUT2D eigenvalue weighted by Gasteiger charge is -2.21. The predicted molar refractivity (Wildman–Crippen MR) is 119 cm³/mol. The Balaban J connectivity index is 1.74. The number of aromatic hydroxyl groups is 1. The molecule has 1 unspecified atom stereocenters. The van der Waals surface area contributed by atoms with Crippen LogP contribution in [0.25, 0.3) is 0 Å². The minimum absolute atomic E-state index is 0.0387. The van der Waals surface area contributed by atoms with Gasteiger partial charge in [-0.2, -0.15) is 0 Å². The van der Waals surface area contributed by atoms with Gasteiger partial charge in [-0.05, 0) is 97.7 Å². The minimum atomic E-state index is -0.430. The van der Waals surface area contributed by atoms with E-state index in [1.165, 1.54) is 23.3 Å². The Morgan fingerprint density at radius 2 is 1.33 bits per heavy atom. The summed E-state index contributed by atoms with van der Waals surface area (Å²) >= 11 is 0. The molecule has 1 N–H and O–H groups in total. The zero-order valence-electron chi connectivity index (χ0n) is 18.0. The Morgan fingerprint density at radius 1 is 0.867 bits per heavy atom. The molecule has 0 saturated carbocycles. The number of ether oxygens (including phenoxy) is 1. The van der Waals surface area contributed by atoms with Crippen molar-refractivity contribution >= 4 is 5.69 Å². The molecule has 0 amide bonds. The highest BCUT2D eigenvalue weighted by Gasteiger charge is 2.17. The highest BCUT2D eigenvalue weighted by molar-refractivity contribution is 5.53. The molecule has 0 aliphatic carbocycles. The van der Waals surface area contributed by atoms with Crippen LogP contribution >= 0.6 is 0 Å². The van der Waals surface area contributed by atoms with Crippen molar-refractivity contribution < 1.29 is 14.8 Å². The van der Waals surface area contributed by atoms with E-state index in [1.54, 1.807) is 12.1 Å². The fourth-order valence-corrected chi connectivity index (χ4v) is 3.74. The number of phenols is 1. The first-order valence-corrected chi connectivity index (χ1v) is 9.99. The van der Waals surface area contributed by atoms with Crippen LogP contribution in [0.1, 0.15) is 46.2 Å². The van der Waals surface area contributed by atoms with Gasteiger partial charge in [0.25, 0.3) is 5.69 Å². The molecule has 3 aromatic rings. The van der Waals surface area contributed by atoms with E-state index < -0.39 is 4.92 Å². The molecule has 0 fully saturated rings. The quantitative estimate of drug-likeness (QED) is 0.367. The van der Waals surface area contributed by atoms with Crippen LogP contribution in [0.15, 0.2) is 48.5 Å². The number of rotatable bonds is 6. The average molecular weight is 405 g/mol. The van der Waals surface area contributed by atoms with Crippen LogP contribution in [0, 0.1) is 37.8 Å². The van der Waals surface area contributed by atoms with Crippen molar-refractivity contribution in [2.45, 2.75) is 47.0 Å². The van der Waals surface area contributed by atoms with Crippen molar-refractivity contribution in [1.29, 1.82) is 0 Å². The predicted octanol–water partition coefficient (Wildman–Crippen LogP) is 6.67. The van der Waals surface area contributed by atoms with Crippen molar-refractivity contribution in [3.05, 3.63) is 92.0 Å². The van der Waals surface area contributed by atoms with Gasteiger partial charge < -0.3 is 9.84 Å². The van der Waals surface area contributed by atoms with Crippen LogP contribution in [-0.2, 0) is 6.42 Å². The van der Waals surface area contributed by atoms with E-state index in [9.17, 15) is 15.2 Å². The van der Waals surface area contributed by atoms with Gasteiger partial charge >= 0.3 is 0 Å². The van der Waals surface area contributed by atoms with E-state index >= 15 is 0 Å². The molecule has 0 aliphatic rings. The second kappa shape index (κ2) is 8.57. The smallest absolute Gasteiger partial charge is 0.269 e. The summed E-state index contributed by atoms with van der Waals surface area (Å²) in [6.45, 7) is 10.3. The van der Waals surface area contributed by atoms with Crippen LogP contribution in [0.5, 0.6) is 17.2 Å². The fraction of sp³-hybridized carbons (Fsp3) is 0.280. The van der Waals surface area contributed by atoms with Crippen LogP contribution in [0.4, 0.5) is 5.69 Å². The SMILES string of the molecule is Cc1c(C)c(CC(C)c2ccc(Oc3ccc([N+](=O)[O-])cc3)cc2)c(C)c(C)c1O. The fourth-order valence-electron chi connectivity index (χ4n) is 3.74. The molecule has 0 radical (unpaired) electrons. The van der Waals surface area contributed by atoms with E-state index in [1.807, 2.05) is 26.0 Å². The second-order valence-corrected chi connectivity index (χ2v) is 7.85. The maximum absolute atomic E-state index is 10.8. The summed E-state index contributed by atoms with van der Waals surface area (Å²) in [5.41, 5.74) is 6.74.